The summed E-state index contributed by atoms with van der Waals surface area (Å²) in [7, 11) is 0. The maximum atomic E-state index is 14.6. The van der Waals surface area contributed by atoms with Gasteiger partial charge in [0.15, 0.2) is 5.82 Å². The lowest BCUT2D eigenvalue weighted by molar-refractivity contribution is -0.121. The van der Waals surface area contributed by atoms with E-state index in [4.69, 9.17) is 0 Å². The largest absolute Gasteiger partial charge is 0.361 e. The summed E-state index contributed by atoms with van der Waals surface area (Å²) in [5, 5.41) is 6.25. The summed E-state index contributed by atoms with van der Waals surface area (Å²) in [6.07, 6.45) is 7.90. The molecule has 3 N–H and O–H groups in total. The van der Waals surface area contributed by atoms with Gasteiger partial charge in [0.2, 0.25) is 5.91 Å². The molecule has 2 aromatic heterocycles. The lowest BCUT2D eigenvalue weighted by Gasteiger charge is -2.19. The lowest BCUT2D eigenvalue weighted by atomic mass is 10.1. The smallest absolute Gasteiger partial charge is 0.306 e. The number of fused-ring (bicyclic) bond motifs is 2. The van der Waals surface area contributed by atoms with Gasteiger partial charge >= 0.3 is 5.92 Å². The van der Waals surface area contributed by atoms with E-state index >= 15 is 0 Å². The van der Waals surface area contributed by atoms with Crippen LogP contribution in [-0.2, 0) is 17.9 Å². The van der Waals surface area contributed by atoms with Crippen LogP contribution in [-0.4, -0.2) is 44.7 Å². The third-order valence-electron chi connectivity index (χ3n) is 5.81. The first-order valence-electron chi connectivity index (χ1n) is 10.8. The Morgan fingerprint density at radius 1 is 1.26 bits per heavy atom. The van der Waals surface area contributed by atoms with Crippen molar-refractivity contribution in [1.29, 1.82) is 0 Å². The van der Waals surface area contributed by atoms with Crippen molar-refractivity contribution in [1.82, 2.24) is 19.9 Å². The van der Waals surface area contributed by atoms with Gasteiger partial charge in [-0.1, -0.05) is 18.2 Å². The molecule has 0 fully saturated rings. The Kier molecular flexibility index (Phi) is 5.35. The van der Waals surface area contributed by atoms with Crippen molar-refractivity contribution in [2.45, 2.75) is 32.0 Å². The van der Waals surface area contributed by atoms with E-state index in [1.165, 1.54) is 16.8 Å². The van der Waals surface area contributed by atoms with Crippen LogP contribution in [0.25, 0.3) is 10.9 Å². The van der Waals surface area contributed by atoms with Crippen molar-refractivity contribution >= 4 is 28.3 Å². The summed E-state index contributed by atoms with van der Waals surface area (Å²) in [5.41, 5.74) is 2.30. The molecule has 10 heteroatoms. The molecule has 3 aromatic rings. The van der Waals surface area contributed by atoms with Gasteiger partial charge in [-0.25, -0.2) is 4.98 Å². The highest BCUT2D eigenvalue weighted by Gasteiger charge is 2.38. The summed E-state index contributed by atoms with van der Waals surface area (Å²) in [5.74, 6) is -3.90. The fraction of sp³-hybridized carbons (Fsp3) is 0.250. The number of hydrogen-bond acceptors (Lipinski definition) is 5. The van der Waals surface area contributed by atoms with Crippen LogP contribution in [0.3, 0.4) is 0 Å². The Morgan fingerprint density at radius 3 is 2.94 bits per heavy atom. The third kappa shape index (κ3) is 4.39. The number of halogens is 2. The third-order valence-corrected chi connectivity index (χ3v) is 5.81. The van der Waals surface area contributed by atoms with Gasteiger partial charge in [-0.3, -0.25) is 19.1 Å². The van der Waals surface area contributed by atoms with Crippen LogP contribution in [0.15, 0.2) is 70.2 Å². The molecule has 0 spiro atoms. The average molecular weight is 464 g/mol. The molecule has 5 rings (SSSR count). The molecule has 3 heterocycles. The minimum absolute atomic E-state index is 0.249. The number of nitrogens with one attached hydrogen (secondary N) is 3. The maximum Gasteiger partial charge on any atom is 0.306 e. The second-order valence-electron chi connectivity index (χ2n) is 8.33. The summed E-state index contributed by atoms with van der Waals surface area (Å²) < 4.78 is 30.4. The Bertz CT molecular complexity index is 1430. The van der Waals surface area contributed by atoms with E-state index in [-0.39, 0.29) is 30.0 Å². The number of benzene rings is 1. The van der Waals surface area contributed by atoms with Crippen LogP contribution in [0, 0.1) is 6.92 Å². The van der Waals surface area contributed by atoms with Crippen LogP contribution in [0.1, 0.15) is 11.3 Å². The average Bonchev–Trinajstić information content (AvgIpc) is 3.45. The van der Waals surface area contributed by atoms with E-state index in [1.54, 1.807) is 19.1 Å². The molecule has 1 amide bonds. The fourth-order valence-electron chi connectivity index (χ4n) is 3.77. The number of H-pyrrole nitrogens is 1. The van der Waals surface area contributed by atoms with E-state index in [0.29, 0.717) is 12.2 Å². The van der Waals surface area contributed by atoms with E-state index in [1.807, 2.05) is 30.5 Å². The number of carbonyl (C=O) groups excluding carboxylic acids is 1. The molecule has 174 valence electrons. The van der Waals surface area contributed by atoms with Crippen molar-refractivity contribution in [2.24, 2.45) is 4.99 Å². The van der Waals surface area contributed by atoms with Gasteiger partial charge < -0.3 is 15.6 Å². The monoisotopic (exact) mass is 464 g/mol. The van der Waals surface area contributed by atoms with E-state index in [2.05, 4.69) is 25.6 Å². The molecule has 1 atom stereocenters. The highest BCUT2D eigenvalue weighted by atomic mass is 19.3. The molecule has 0 saturated heterocycles. The van der Waals surface area contributed by atoms with Crippen molar-refractivity contribution in [3.8, 4) is 0 Å². The van der Waals surface area contributed by atoms with Crippen LogP contribution < -0.4 is 16.2 Å². The number of aromatic nitrogens is 3. The molecule has 8 nitrogen and oxygen atoms in total. The number of amides is 1. The fourth-order valence-corrected chi connectivity index (χ4v) is 3.77. The van der Waals surface area contributed by atoms with Gasteiger partial charge in [-0.15, -0.1) is 0 Å². The highest BCUT2D eigenvalue weighted by molar-refractivity contribution is 6.03. The Balaban J connectivity index is 1.23. The molecule has 0 radical (unpaired) electrons. The molecule has 1 aliphatic carbocycles. The quantitative estimate of drug-likeness (QED) is 0.477. The van der Waals surface area contributed by atoms with Gasteiger partial charge in [-0.05, 0) is 47.7 Å². The van der Waals surface area contributed by atoms with Crippen molar-refractivity contribution in [3.63, 3.8) is 0 Å². The van der Waals surface area contributed by atoms with Crippen LogP contribution in [0.2, 0.25) is 0 Å². The zero-order valence-electron chi connectivity index (χ0n) is 18.3. The van der Waals surface area contributed by atoms with Crippen LogP contribution in [0.5, 0.6) is 0 Å². The molecule has 0 bridgehead atoms. The molecular formula is C24H22F2N6O2. The molecule has 34 heavy (non-hydrogen) atoms. The number of dihydropyridines is 1. The standard InChI is InChI=1S/C24H22F2N6O2/c1-14-10-29-22(30-13-24(25,26)20-5-3-16-9-19(16)31-20)23(34)32(14)12-21(33)28-11-15-2-4-18-17(8-15)6-7-27-18/h2-10,19,27H,11-13H2,1H3,(H,28,33)(H,29,30)/t19-/m0/s1. The zero-order valence-corrected chi connectivity index (χ0v) is 18.3. The second-order valence-corrected chi connectivity index (χ2v) is 8.33. The number of allylic oxidation sites excluding steroid dienone is 1. The highest BCUT2D eigenvalue weighted by Crippen LogP contribution is 2.32. The van der Waals surface area contributed by atoms with E-state index in [9.17, 15) is 18.4 Å². The van der Waals surface area contributed by atoms with Crippen molar-refractivity contribution in [2.75, 3.05) is 11.9 Å². The number of aliphatic imine (C=N–C) groups is 1. The van der Waals surface area contributed by atoms with Crippen LogP contribution in [0.4, 0.5) is 14.6 Å². The second kappa shape index (κ2) is 8.36. The summed E-state index contributed by atoms with van der Waals surface area (Å²) >= 11 is 0. The number of anilines is 1. The minimum Gasteiger partial charge on any atom is -0.361 e. The number of carbonyl (C=O) groups is 1. The first kappa shape index (κ1) is 21.7. The number of hydrogen-bond donors (Lipinski definition) is 3. The molecule has 1 aliphatic heterocycles. The van der Waals surface area contributed by atoms with Gasteiger partial charge in [-0.2, -0.15) is 8.78 Å². The van der Waals surface area contributed by atoms with Gasteiger partial charge in [0.05, 0.1) is 12.6 Å². The normalized spacial score (nSPS) is 16.6. The number of alkyl halides is 2. The number of rotatable bonds is 8. The molecule has 2 aliphatic rings. The number of aromatic amines is 1. The Hall–Kier alpha value is -4.08. The molecule has 0 saturated carbocycles. The van der Waals surface area contributed by atoms with Crippen molar-refractivity contribution < 1.29 is 13.6 Å². The van der Waals surface area contributed by atoms with Gasteiger partial charge in [0.25, 0.3) is 5.56 Å². The zero-order chi connectivity index (χ0) is 23.9. The summed E-state index contributed by atoms with van der Waals surface area (Å²) in [6.45, 7) is 0.832. The number of aryl methyl sites for hydroxylation is 1. The Labute approximate surface area is 193 Å². The van der Waals surface area contributed by atoms with Gasteiger partial charge in [0, 0.05) is 30.1 Å². The molecular weight excluding hydrogens is 442 g/mol. The van der Waals surface area contributed by atoms with Crippen LogP contribution >= 0.6 is 0 Å². The van der Waals surface area contributed by atoms with E-state index < -0.39 is 18.0 Å². The maximum absolute atomic E-state index is 14.6. The summed E-state index contributed by atoms with van der Waals surface area (Å²) in [6, 6.07) is 7.47. The number of nitrogens with zero attached hydrogens (tertiary/aromatic N) is 3. The first-order chi connectivity index (χ1) is 16.3. The van der Waals surface area contributed by atoms with Crippen molar-refractivity contribution in [3.05, 3.63) is 82.1 Å². The molecule has 1 aromatic carbocycles. The lowest BCUT2D eigenvalue weighted by Crippen LogP contribution is -2.39. The SMILES string of the molecule is Cc1cnc(NCC(F)(F)C2=N[C@H]3C=C3C=C2)c(=O)n1CC(=O)NCc1ccc2[nH]ccc2c1. The predicted octanol–water partition coefficient (Wildman–Crippen LogP) is 2.72. The topological polar surface area (TPSA) is 104 Å². The van der Waals surface area contributed by atoms with E-state index in [0.717, 1.165) is 22.0 Å². The minimum atomic E-state index is -3.28. The Morgan fingerprint density at radius 2 is 2.12 bits per heavy atom. The first-order valence-corrected chi connectivity index (χ1v) is 10.8. The van der Waals surface area contributed by atoms with Gasteiger partial charge in [0.1, 0.15) is 12.3 Å². The predicted molar refractivity (Wildman–Crippen MR) is 125 cm³/mol. The summed E-state index contributed by atoms with van der Waals surface area (Å²) in [4.78, 5) is 36.4. The molecule has 0 unspecified atom stereocenters.